The summed E-state index contributed by atoms with van der Waals surface area (Å²) in [6, 6.07) is 0. The fourth-order valence-electron chi connectivity index (χ4n) is 1.49. The molecule has 1 saturated heterocycles. The Morgan fingerprint density at radius 1 is 0.533 bits per heavy atom. The van der Waals surface area contributed by atoms with Crippen LogP contribution in [0.3, 0.4) is 0 Å². The van der Waals surface area contributed by atoms with Crippen LogP contribution in [0.15, 0.2) is 0 Å². The molecular formula is C9H24N6. The summed E-state index contributed by atoms with van der Waals surface area (Å²) in [5.41, 5.74) is 0. The summed E-state index contributed by atoms with van der Waals surface area (Å²) in [6.45, 7) is 0. The van der Waals surface area contributed by atoms with Crippen LogP contribution in [-0.2, 0) is 0 Å². The highest BCUT2D eigenvalue weighted by Crippen LogP contribution is 2.00. The number of hydrogen-bond donors (Lipinski definition) is 3. The van der Waals surface area contributed by atoms with Crippen molar-refractivity contribution in [1.82, 2.24) is 30.7 Å². The summed E-state index contributed by atoms with van der Waals surface area (Å²) < 4.78 is 0. The number of nitrogens with zero attached hydrogens (tertiary/aromatic N) is 3. The maximum Gasteiger partial charge on any atom is 0.118 e. The van der Waals surface area contributed by atoms with E-state index in [9.17, 15) is 0 Å². The van der Waals surface area contributed by atoms with Gasteiger partial charge in [0.2, 0.25) is 0 Å². The van der Waals surface area contributed by atoms with Gasteiger partial charge in [0, 0.05) is 0 Å². The van der Waals surface area contributed by atoms with E-state index in [0.717, 1.165) is 0 Å². The van der Waals surface area contributed by atoms with Crippen molar-refractivity contribution in [2.75, 3.05) is 42.3 Å². The quantitative estimate of drug-likeness (QED) is 0.523. The topological polar surface area (TPSA) is 45.8 Å². The Hall–Kier alpha value is -0.240. The molecule has 1 aliphatic rings. The molecule has 0 unspecified atom stereocenters. The van der Waals surface area contributed by atoms with Gasteiger partial charge in [-0.1, -0.05) is 0 Å². The van der Waals surface area contributed by atoms with Gasteiger partial charge in [0.15, 0.2) is 0 Å². The molecule has 0 aromatic rings. The highest BCUT2D eigenvalue weighted by molar-refractivity contribution is 4.79. The fraction of sp³-hybridized carbons (Fsp3) is 1.00. The lowest BCUT2D eigenvalue weighted by Crippen LogP contribution is -2.76. The van der Waals surface area contributed by atoms with E-state index < -0.39 is 0 Å². The molecule has 0 radical (unpaired) electrons. The van der Waals surface area contributed by atoms with E-state index in [-0.39, 0.29) is 18.9 Å². The van der Waals surface area contributed by atoms with Gasteiger partial charge in [0.05, 0.1) is 0 Å². The van der Waals surface area contributed by atoms with Crippen LogP contribution in [0.5, 0.6) is 0 Å². The molecule has 0 amide bonds. The molecule has 0 bridgehead atoms. The molecule has 6 nitrogen and oxygen atoms in total. The number of hydrogen-bond acceptors (Lipinski definition) is 6. The summed E-state index contributed by atoms with van der Waals surface area (Å²) in [6.07, 6.45) is 0.517. The lowest BCUT2D eigenvalue weighted by atomic mass is 10.4. The largest absolute Gasteiger partial charge is 0.282 e. The lowest BCUT2D eigenvalue weighted by molar-refractivity contribution is -0.00167. The lowest BCUT2D eigenvalue weighted by Gasteiger charge is -2.45. The molecule has 1 fully saturated rings. The van der Waals surface area contributed by atoms with Gasteiger partial charge in [-0.2, -0.15) is 0 Å². The van der Waals surface area contributed by atoms with Crippen LogP contribution in [0, 0.1) is 0 Å². The maximum absolute atomic E-state index is 3.44. The van der Waals surface area contributed by atoms with Crippen LogP contribution in [0.4, 0.5) is 0 Å². The molecular weight excluding hydrogens is 192 g/mol. The first-order valence-corrected chi connectivity index (χ1v) is 5.19. The SMILES string of the molecule is CN(C)C1NC(N(C)C)NC(N(C)C)N1. The molecule has 1 aliphatic heterocycles. The van der Waals surface area contributed by atoms with Gasteiger partial charge in [-0.15, -0.1) is 0 Å². The third kappa shape index (κ3) is 3.37. The molecule has 0 saturated carbocycles. The molecule has 15 heavy (non-hydrogen) atoms. The summed E-state index contributed by atoms with van der Waals surface area (Å²) >= 11 is 0. The van der Waals surface area contributed by atoms with Crippen molar-refractivity contribution in [3.8, 4) is 0 Å². The zero-order chi connectivity index (χ0) is 11.6. The standard InChI is InChI=1S/C9H24N6/c1-13(2)7-10-8(14(3)4)12-9(11-7)15(5)6/h7-12H,1-6H3. The van der Waals surface area contributed by atoms with Crippen molar-refractivity contribution in [2.24, 2.45) is 0 Å². The Balaban J connectivity index is 2.64. The van der Waals surface area contributed by atoms with Crippen molar-refractivity contribution in [2.45, 2.75) is 18.9 Å². The van der Waals surface area contributed by atoms with Gasteiger partial charge in [-0.05, 0) is 42.3 Å². The monoisotopic (exact) mass is 216 g/mol. The molecule has 0 atom stereocenters. The first-order chi connectivity index (χ1) is 6.91. The average Bonchev–Trinajstić information content (AvgIpc) is 2.16. The molecule has 0 aliphatic carbocycles. The highest BCUT2D eigenvalue weighted by atomic mass is 15.6. The normalized spacial score (nSPS) is 33.0. The van der Waals surface area contributed by atoms with Gasteiger partial charge in [-0.25, -0.2) is 0 Å². The van der Waals surface area contributed by atoms with Crippen LogP contribution >= 0.6 is 0 Å². The Morgan fingerprint density at radius 2 is 0.733 bits per heavy atom. The van der Waals surface area contributed by atoms with Crippen LogP contribution in [0.25, 0.3) is 0 Å². The Labute approximate surface area is 92.6 Å². The zero-order valence-corrected chi connectivity index (χ0v) is 10.6. The zero-order valence-electron chi connectivity index (χ0n) is 10.6. The molecule has 6 heteroatoms. The molecule has 3 N–H and O–H groups in total. The summed E-state index contributed by atoms with van der Waals surface area (Å²) in [7, 11) is 12.3. The van der Waals surface area contributed by atoms with E-state index in [1.807, 2.05) is 0 Å². The first-order valence-electron chi connectivity index (χ1n) is 5.19. The van der Waals surface area contributed by atoms with Gasteiger partial charge in [0.1, 0.15) is 18.9 Å². The van der Waals surface area contributed by atoms with Gasteiger partial charge in [-0.3, -0.25) is 30.7 Å². The Kier molecular flexibility index (Phi) is 4.45. The van der Waals surface area contributed by atoms with E-state index in [0.29, 0.717) is 0 Å². The minimum absolute atomic E-state index is 0.172. The molecule has 1 rings (SSSR count). The second-order valence-corrected chi connectivity index (χ2v) is 4.60. The van der Waals surface area contributed by atoms with Crippen molar-refractivity contribution < 1.29 is 0 Å². The van der Waals surface area contributed by atoms with E-state index in [4.69, 9.17) is 0 Å². The second-order valence-electron chi connectivity index (χ2n) is 4.60. The maximum atomic E-state index is 3.44. The Bertz CT molecular complexity index is 154. The number of rotatable bonds is 3. The van der Waals surface area contributed by atoms with E-state index in [1.165, 1.54) is 0 Å². The van der Waals surface area contributed by atoms with Gasteiger partial charge in [0.25, 0.3) is 0 Å². The predicted molar refractivity (Wildman–Crippen MR) is 61.8 cm³/mol. The number of nitrogens with one attached hydrogen (secondary N) is 3. The van der Waals surface area contributed by atoms with Crippen molar-refractivity contribution >= 4 is 0 Å². The average molecular weight is 216 g/mol. The minimum atomic E-state index is 0.172. The van der Waals surface area contributed by atoms with Crippen LogP contribution in [0.2, 0.25) is 0 Å². The summed E-state index contributed by atoms with van der Waals surface area (Å²) in [5, 5.41) is 10.3. The van der Waals surface area contributed by atoms with Crippen molar-refractivity contribution in [1.29, 1.82) is 0 Å². The first kappa shape index (κ1) is 12.8. The molecule has 0 aromatic heterocycles. The molecule has 0 aromatic carbocycles. The van der Waals surface area contributed by atoms with Gasteiger partial charge >= 0.3 is 0 Å². The van der Waals surface area contributed by atoms with Crippen LogP contribution in [0.1, 0.15) is 0 Å². The second kappa shape index (κ2) is 5.20. The van der Waals surface area contributed by atoms with Crippen LogP contribution in [-0.4, -0.2) is 75.9 Å². The smallest absolute Gasteiger partial charge is 0.118 e. The minimum Gasteiger partial charge on any atom is -0.282 e. The molecule has 0 spiro atoms. The summed E-state index contributed by atoms with van der Waals surface area (Å²) in [5.74, 6) is 0. The van der Waals surface area contributed by atoms with Crippen molar-refractivity contribution in [3.05, 3.63) is 0 Å². The predicted octanol–water partition coefficient (Wildman–Crippen LogP) is -1.70. The highest BCUT2D eigenvalue weighted by Gasteiger charge is 2.29. The van der Waals surface area contributed by atoms with Gasteiger partial charge < -0.3 is 0 Å². The van der Waals surface area contributed by atoms with E-state index in [1.54, 1.807) is 0 Å². The fourth-order valence-corrected chi connectivity index (χ4v) is 1.49. The third-order valence-electron chi connectivity index (χ3n) is 2.50. The van der Waals surface area contributed by atoms with Crippen LogP contribution < -0.4 is 16.0 Å². The Morgan fingerprint density at radius 3 is 0.867 bits per heavy atom. The third-order valence-corrected chi connectivity index (χ3v) is 2.50. The van der Waals surface area contributed by atoms with E-state index in [2.05, 4.69) is 72.9 Å². The van der Waals surface area contributed by atoms with E-state index >= 15 is 0 Å². The van der Waals surface area contributed by atoms with Crippen molar-refractivity contribution in [3.63, 3.8) is 0 Å². The summed E-state index contributed by atoms with van der Waals surface area (Å²) in [4.78, 5) is 6.36. The molecule has 90 valence electrons. The molecule has 1 heterocycles.